The van der Waals surface area contributed by atoms with Gasteiger partial charge in [0.2, 0.25) is 0 Å². The number of aliphatic hydroxyl groups excluding tert-OH is 1. The second-order valence-electron chi connectivity index (χ2n) is 3.73. The molecule has 1 N–H and O–H groups in total. The fraction of sp³-hybridized carbons (Fsp3) is 0.333. The van der Waals surface area contributed by atoms with E-state index in [1.807, 2.05) is 6.20 Å². The molecule has 0 aliphatic carbocycles. The molecule has 2 aromatic rings. The number of benzene rings is 1. The molecule has 1 aromatic carbocycles. The van der Waals surface area contributed by atoms with Crippen LogP contribution < -0.4 is 0 Å². The molecular formula is C12H15N3OS. The molecule has 0 amide bonds. The van der Waals surface area contributed by atoms with Crippen molar-refractivity contribution in [2.45, 2.75) is 17.9 Å². The first-order valence-electron chi connectivity index (χ1n) is 5.44. The van der Waals surface area contributed by atoms with Gasteiger partial charge in [-0.05, 0) is 24.0 Å². The third-order valence-corrected chi connectivity index (χ3v) is 3.20. The average molecular weight is 249 g/mol. The lowest BCUT2D eigenvalue weighted by Gasteiger charge is -2.02. The van der Waals surface area contributed by atoms with Crippen LogP contribution in [0.1, 0.15) is 11.3 Å². The van der Waals surface area contributed by atoms with Gasteiger partial charge in [-0.1, -0.05) is 17.3 Å². The topological polar surface area (TPSA) is 50.9 Å². The third-order valence-electron chi connectivity index (χ3n) is 2.46. The number of aromatic nitrogens is 3. The van der Waals surface area contributed by atoms with Gasteiger partial charge in [0.15, 0.2) is 0 Å². The summed E-state index contributed by atoms with van der Waals surface area (Å²) in [6.07, 6.45) is 4.50. The third kappa shape index (κ3) is 3.31. The van der Waals surface area contributed by atoms with Crippen LogP contribution in [-0.2, 0) is 13.0 Å². The first kappa shape index (κ1) is 12.1. The Morgan fingerprint density at radius 1 is 1.29 bits per heavy atom. The lowest BCUT2D eigenvalue weighted by atomic mass is 10.2. The molecule has 1 heterocycles. The quantitative estimate of drug-likeness (QED) is 0.817. The summed E-state index contributed by atoms with van der Waals surface area (Å²) in [7, 11) is 0. The molecular weight excluding hydrogens is 234 g/mol. The summed E-state index contributed by atoms with van der Waals surface area (Å²) in [5.74, 6) is 0. The second-order valence-corrected chi connectivity index (χ2v) is 4.61. The summed E-state index contributed by atoms with van der Waals surface area (Å²) in [5.41, 5.74) is 2.02. The number of aliphatic hydroxyl groups is 1. The standard InChI is InChI=1S/C12H15N3OS/c1-17-12-4-2-10(3-5-12)8-15-9-11(6-7-16)13-14-15/h2-5,9,16H,6-8H2,1H3. The molecule has 1 aromatic heterocycles. The maximum absolute atomic E-state index is 8.80. The minimum atomic E-state index is 0.112. The van der Waals surface area contributed by atoms with Crippen LogP contribution in [0, 0.1) is 0 Å². The van der Waals surface area contributed by atoms with Crippen molar-refractivity contribution < 1.29 is 5.11 Å². The van der Waals surface area contributed by atoms with E-state index in [0.29, 0.717) is 13.0 Å². The van der Waals surface area contributed by atoms with E-state index in [1.165, 1.54) is 10.5 Å². The number of rotatable bonds is 5. The van der Waals surface area contributed by atoms with Crippen LogP contribution in [0.3, 0.4) is 0 Å². The van der Waals surface area contributed by atoms with Gasteiger partial charge in [0.1, 0.15) is 0 Å². The monoisotopic (exact) mass is 249 g/mol. The number of nitrogens with zero attached hydrogens (tertiary/aromatic N) is 3. The lowest BCUT2D eigenvalue weighted by molar-refractivity contribution is 0.298. The Labute approximate surface area is 105 Å². The van der Waals surface area contributed by atoms with Crippen molar-refractivity contribution in [1.82, 2.24) is 15.0 Å². The van der Waals surface area contributed by atoms with E-state index in [4.69, 9.17) is 5.11 Å². The average Bonchev–Trinajstić information content (AvgIpc) is 2.78. The van der Waals surface area contributed by atoms with Gasteiger partial charge in [-0.15, -0.1) is 16.9 Å². The molecule has 0 aliphatic rings. The minimum Gasteiger partial charge on any atom is -0.396 e. The highest BCUT2D eigenvalue weighted by Gasteiger charge is 2.01. The van der Waals surface area contributed by atoms with Gasteiger partial charge in [0, 0.05) is 24.1 Å². The van der Waals surface area contributed by atoms with Crippen LogP contribution in [0.25, 0.3) is 0 Å². The van der Waals surface area contributed by atoms with Gasteiger partial charge in [0.25, 0.3) is 0 Å². The predicted octanol–water partition coefficient (Wildman–Crippen LogP) is 1.58. The van der Waals surface area contributed by atoms with Gasteiger partial charge in [-0.2, -0.15) is 0 Å². The molecule has 0 aliphatic heterocycles. The van der Waals surface area contributed by atoms with Crippen LogP contribution in [0.15, 0.2) is 35.4 Å². The Morgan fingerprint density at radius 2 is 2.06 bits per heavy atom. The molecule has 0 saturated carbocycles. The van der Waals surface area contributed by atoms with E-state index < -0.39 is 0 Å². The zero-order valence-corrected chi connectivity index (χ0v) is 10.5. The van der Waals surface area contributed by atoms with Crippen LogP contribution in [0.5, 0.6) is 0 Å². The normalized spacial score (nSPS) is 10.7. The highest BCUT2D eigenvalue weighted by atomic mass is 32.2. The van der Waals surface area contributed by atoms with Crippen molar-refractivity contribution in [3.05, 3.63) is 41.7 Å². The first-order chi connectivity index (χ1) is 8.31. The van der Waals surface area contributed by atoms with Gasteiger partial charge in [0.05, 0.1) is 12.2 Å². The summed E-state index contributed by atoms with van der Waals surface area (Å²) in [6.45, 7) is 0.828. The SMILES string of the molecule is CSc1ccc(Cn2cc(CCO)nn2)cc1. The highest BCUT2D eigenvalue weighted by molar-refractivity contribution is 7.98. The van der Waals surface area contributed by atoms with Crippen molar-refractivity contribution in [3.63, 3.8) is 0 Å². The van der Waals surface area contributed by atoms with Crippen molar-refractivity contribution >= 4 is 11.8 Å². The van der Waals surface area contributed by atoms with E-state index in [9.17, 15) is 0 Å². The zero-order chi connectivity index (χ0) is 12.1. The van der Waals surface area contributed by atoms with Crippen molar-refractivity contribution in [1.29, 1.82) is 0 Å². The number of thioether (sulfide) groups is 1. The molecule has 0 spiro atoms. The van der Waals surface area contributed by atoms with Gasteiger partial charge < -0.3 is 5.11 Å². The summed E-state index contributed by atoms with van der Waals surface area (Å²) in [4.78, 5) is 1.26. The molecule has 0 unspecified atom stereocenters. The molecule has 2 rings (SSSR count). The number of hydrogen-bond acceptors (Lipinski definition) is 4. The van der Waals surface area contributed by atoms with E-state index in [1.54, 1.807) is 16.4 Å². The van der Waals surface area contributed by atoms with Gasteiger partial charge in [-0.3, -0.25) is 0 Å². The first-order valence-corrected chi connectivity index (χ1v) is 6.67. The van der Waals surface area contributed by atoms with Gasteiger partial charge >= 0.3 is 0 Å². The fourth-order valence-electron chi connectivity index (χ4n) is 1.56. The maximum Gasteiger partial charge on any atom is 0.0850 e. The van der Waals surface area contributed by atoms with Crippen LogP contribution in [0.4, 0.5) is 0 Å². The van der Waals surface area contributed by atoms with Crippen molar-refractivity contribution in [2.75, 3.05) is 12.9 Å². The predicted molar refractivity (Wildman–Crippen MR) is 68.1 cm³/mol. The summed E-state index contributed by atoms with van der Waals surface area (Å²) in [6, 6.07) is 8.40. The van der Waals surface area contributed by atoms with E-state index in [0.717, 1.165) is 5.69 Å². The molecule has 0 saturated heterocycles. The maximum atomic E-state index is 8.80. The smallest absolute Gasteiger partial charge is 0.0850 e. The summed E-state index contributed by atoms with van der Waals surface area (Å²) in [5, 5.41) is 16.8. The van der Waals surface area contributed by atoms with Crippen molar-refractivity contribution in [3.8, 4) is 0 Å². The molecule has 5 heteroatoms. The Morgan fingerprint density at radius 3 is 2.71 bits per heavy atom. The Balaban J connectivity index is 2.03. The zero-order valence-electron chi connectivity index (χ0n) is 9.71. The minimum absolute atomic E-state index is 0.112. The summed E-state index contributed by atoms with van der Waals surface area (Å²) >= 11 is 1.73. The molecule has 90 valence electrons. The van der Waals surface area contributed by atoms with Crippen LogP contribution in [-0.4, -0.2) is 33.0 Å². The number of hydrogen-bond donors (Lipinski definition) is 1. The molecule has 0 bridgehead atoms. The second kappa shape index (κ2) is 5.84. The largest absolute Gasteiger partial charge is 0.396 e. The van der Waals surface area contributed by atoms with E-state index in [2.05, 4.69) is 40.8 Å². The van der Waals surface area contributed by atoms with Gasteiger partial charge in [-0.25, -0.2) is 4.68 Å². The van der Waals surface area contributed by atoms with Crippen molar-refractivity contribution in [2.24, 2.45) is 0 Å². The molecule has 0 fully saturated rings. The van der Waals surface area contributed by atoms with Crippen LogP contribution in [0.2, 0.25) is 0 Å². The lowest BCUT2D eigenvalue weighted by Crippen LogP contribution is -2.00. The van der Waals surface area contributed by atoms with E-state index in [-0.39, 0.29) is 6.61 Å². The molecule has 0 atom stereocenters. The Bertz CT molecular complexity index is 467. The molecule has 17 heavy (non-hydrogen) atoms. The Hall–Kier alpha value is -1.33. The Kier molecular flexibility index (Phi) is 4.17. The summed E-state index contributed by atoms with van der Waals surface area (Å²) < 4.78 is 1.79. The fourth-order valence-corrected chi connectivity index (χ4v) is 1.97. The molecule has 4 nitrogen and oxygen atoms in total. The van der Waals surface area contributed by atoms with E-state index >= 15 is 0 Å². The molecule has 0 radical (unpaired) electrons. The highest BCUT2D eigenvalue weighted by Crippen LogP contribution is 2.15. The van der Waals surface area contributed by atoms with Crippen LogP contribution >= 0.6 is 11.8 Å².